The van der Waals surface area contributed by atoms with Crippen LogP contribution < -0.4 is 18.9 Å². The fraction of sp³-hybridized carbons (Fsp3) is 0.323. The highest BCUT2D eigenvalue weighted by molar-refractivity contribution is 5.62. The first kappa shape index (κ1) is 29.7. The van der Waals surface area contributed by atoms with Crippen LogP contribution in [0, 0.1) is 5.82 Å². The van der Waals surface area contributed by atoms with Crippen LogP contribution in [0.15, 0.2) is 67.0 Å². The van der Waals surface area contributed by atoms with Gasteiger partial charge in [-0.1, -0.05) is 18.2 Å². The van der Waals surface area contributed by atoms with Crippen molar-refractivity contribution in [2.75, 3.05) is 49.1 Å². The van der Waals surface area contributed by atoms with Gasteiger partial charge in [-0.25, -0.2) is 9.37 Å². The van der Waals surface area contributed by atoms with Crippen LogP contribution in [-0.2, 0) is 5.60 Å². The van der Waals surface area contributed by atoms with Gasteiger partial charge in [0, 0.05) is 47.8 Å². The summed E-state index contributed by atoms with van der Waals surface area (Å²) in [6.45, 7) is 0.460. The number of benzene rings is 1. The summed E-state index contributed by atoms with van der Waals surface area (Å²) in [5.41, 5.74) is 0.670. The number of aromatic nitrogens is 3. The highest BCUT2D eigenvalue weighted by atomic mass is 19.1. The van der Waals surface area contributed by atoms with Crippen LogP contribution in [0.5, 0.6) is 23.4 Å². The Bertz CT molecular complexity index is 1450. The van der Waals surface area contributed by atoms with Crippen molar-refractivity contribution in [3.05, 3.63) is 89.5 Å². The second kappa shape index (κ2) is 12.9. The van der Waals surface area contributed by atoms with Gasteiger partial charge in [0.15, 0.2) is 11.6 Å². The molecule has 0 radical (unpaired) electrons. The molecule has 10 heteroatoms. The van der Waals surface area contributed by atoms with Crippen LogP contribution in [-0.4, -0.2) is 74.0 Å². The van der Waals surface area contributed by atoms with Crippen LogP contribution in [0.2, 0.25) is 0 Å². The molecule has 0 spiro atoms. The van der Waals surface area contributed by atoms with Crippen molar-refractivity contribution in [1.29, 1.82) is 0 Å². The predicted octanol–water partition coefficient (Wildman–Crippen LogP) is 4.68. The second-order valence-corrected chi connectivity index (χ2v) is 9.75. The van der Waals surface area contributed by atoms with E-state index >= 15 is 4.39 Å². The van der Waals surface area contributed by atoms with Gasteiger partial charge >= 0.3 is 0 Å². The molecule has 1 aromatic carbocycles. The Morgan fingerprint density at radius 2 is 1.61 bits per heavy atom. The second-order valence-electron chi connectivity index (χ2n) is 9.75. The Labute approximate surface area is 239 Å². The molecule has 0 amide bonds. The van der Waals surface area contributed by atoms with Gasteiger partial charge in [-0.05, 0) is 50.3 Å². The lowest BCUT2D eigenvalue weighted by Crippen LogP contribution is -2.38. The molecule has 4 rings (SSSR count). The first-order chi connectivity index (χ1) is 19.7. The van der Waals surface area contributed by atoms with E-state index in [4.69, 9.17) is 18.9 Å². The van der Waals surface area contributed by atoms with Crippen LogP contribution in [0.25, 0.3) is 11.3 Å². The summed E-state index contributed by atoms with van der Waals surface area (Å²) in [4.78, 5) is 15.3. The first-order valence-electron chi connectivity index (χ1n) is 13.0. The third-order valence-corrected chi connectivity index (χ3v) is 6.98. The van der Waals surface area contributed by atoms with Gasteiger partial charge in [-0.2, -0.15) is 4.98 Å². The number of pyridine rings is 3. The standard InChI is InChI=1S/C31H35FN4O5/c1-36(2)15-13-31(37,21-17-26(39-4)35-27(18-21)40-5)28(22-10-9-12-25(38-3)29(22)32)23-16-20(19-34-30(23)41-6)24-11-7-8-14-33-24/h7-12,14,16-19,28,37H,13,15H2,1-6H3/t28-,31-/m1/s1. The number of methoxy groups -OCH3 is 4. The van der Waals surface area contributed by atoms with Gasteiger partial charge in [-0.15, -0.1) is 0 Å². The van der Waals surface area contributed by atoms with E-state index in [0.717, 1.165) is 0 Å². The maximum atomic E-state index is 16.2. The lowest BCUT2D eigenvalue weighted by Gasteiger charge is -2.39. The minimum atomic E-state index is -1.74. The lowest BCUT2D eigenvalue weighted by atomic mass is 9.71. The summed E-state index contributed by atoms with van der Waals surface area (Å²) in [5, 5.41) is 12.9. The summed E-state index contributed by atoms with van der Waals surface area (Å²) in [5.74, 6) is -0.894. The maximum Gasteiger partial charge on any atom is 0.217 e. The van der Waals surface area contributed by atoms with E-state index in [1.165, 1.54) is 34.5 Å². The quantitative estimate of drug-likeness (QED) is 0.264. The summed E-state index contributed by atoms with van der Waals surface area (Å²) in [7, 11) is 9.65. The van der Waals surface area contributed by atoms with Gasteiger partial charge in [-0.3, -0.25) is 4.98 Å². The molecule has 0 fully saturated rings. The van der Waals surface area contributed by atoms with E-state index < -0.39 is 17.3 Å². The predicted molar refractivity (Wildman–Crippen MR) is 153 cm³/mol. The summed E-state index contributed by atoms with van der Waals surface area (Å²) < 4.78 is 38.2. The molecule has 3 aromatic heterocycles. The molecular formula is C31H35FN4O5. The average Bonchev–Trinajstić information content (AvgIpc) is 3.01. The molecule has 2 atom stereocenters. The SMILES string of the molecule is COc1cc([C@](O)(CCN(C)C)[C@@H](c2cc(-c3ccccn3)cnc2OC)c2cccc(OC)c2F)cc(OC)n1. The topological polar surface area (TPSA) is 99.1 Å². The normalized spacial score (nSPS) is 13.4. The number of rotatable bonds is 12. The van der Waals surface area contributed by atoms with Crippen LogP contribution in [0.1, 0.15) is 29.0 Å². The highest BCUT2D eigenvalue weighted by Gasteiger charge is 2.44. The third kappa shape index (κ3) is 6.23. The Kier molecular flexibility index (Phi) is 9.36. The van der Waals surface area contributed by atoms with Crippen molar-refractivity contribution in [3.63, 3.8) is 0 Å². The molecule has 0 saturated carbocycles. The molecule has 9 nitrogen and oxygen atoms in total. The first-order valence-corrected chi connectivity index (χ1v) is 13.0. The molecule has 4 aromatic rings. The van der Waals surface area contributed by atoms with Crippen LogP contribution >= 0.6 is 0 Å². The average molecular weight is 563 g/mol. The molecule has 0 aliphatic heterocycles. The van der Waals surface area contributed by atoms with Gasteiger partial charge in [0.1, 0.15) is 5.60 Å². The third-order valence-electron chi connectivity index (χ3n) is 6.98. The van der Waals surface area contributed by atoms with Crippen molar-refractivity contribution in [2.45, 2.75) is 17.9 Å². The zero-order valence-corrected chi connectivity index (χ0v) is 24.1. The number of hydrogen-bond donors (Lipinski definition) is 1. The number of aliphatic hydroxyl groups is 1. The molecule has 0 unspecified atom stereocenters. The van der Waals surface area contributed by atoms with Crippen molar-refractivity contribution >= 4 is 0 Å². The van der Waals surface area contributed by atoms with E-state index in [2.05, 4.69) is 15.0 Å². The Morgan fingerprint density at radius 1 is 0.878 bits per heavy atom. The molecule has 0 aliphatic carbocycles. The fourth-order valence-corrected chi connectivity index (χ4v) is 4.90. The van der Waals surface area contributed by atoms with Gasteiger partial charge < -0.3 is 29.0 Å². The molecule has 0 bridgehead atoms. The van der Waals surface area contributed by atoms with Crippen molar-refractivity contribution in [1.82, 2.24) is 19.9 Å². The van der Waals surface area contributed by atoms with E-state index in [-0.39, 0.29) is 35.4 Å². The lowest BCUT2D eigenvalue weighted by molar-refractivity contribution is 0.00229. The minimum Gasteiger partial charge on any atom is -0.494 e. The Hall–Kier alpha value is -4.28. The summed E-state index contributed by atoms with van der Waals surface area (Å²) >= 11 is 0. The van der Waals surface area contributed by atoms with Gasteiger partial charge in [0.05, 0.1) is 40.1 Å². The summed E-state index contributed by atoms with van der Waals surface area (Å²) in [6, 6.07) is 15.5. The molecular weight excluding hydrogens is 527 g/mol. The molecule has 216 valence electrons. The van der Waals surface area contributed by atoms with E-state index in [0.29, 0.717) is 28.9 Å². The number of ether oxygens (including phenoxy) is 4. The molecule has 0 aliphatic rings. The fourth-order valence-electron chi connectivity index (χ4n) is 4.90. The van der Waals surface area contributed by atoms with E-state index in [1.807, 2.05) is 43.3 Å². The van der Waals surface area contributed by atoms with Crippen molar-refractivity contribution in [2.24, 2.45) is 0 Å². The Morgan fingerprint density at radius 3 is 2.20 bits per heavy atom. The molecule has 0 saturated heterocycles. The molecule has 1 N–H and O–H groups in total. The maximum absolute atomic E-state index is 16.2. The van der Waals surface area contributed by atoms with E-state index in [9.17, 15) is 5.11 Å². The monoisotopic (exact) mass is 562 g/mol. The number of halogens is 1. The number of hydrogen-bond acceptors (Lipinski definition) is 9. The summed E-state index contributed by atoms with van der Waals surface area (Å²) in [6.07, 6.45) is 3.51. The highest BCUT2D eigenvalue weighted by Crippen LogP contribution is 2.49. The van der Waals surface area contributed by atoms with Crippen molar-refractivity contribution < 1.29 is 28.4 Å². The largest absolute Gasteiger partial charge is 0.494 e. The van der Waals surface area contributed by atoms with Crippen molar-refractivity contribution in [3.8, 4) is 34.6 Å². The molecule has 41 heavy (non-hydrogen) atoms. The van der Waals surface area contributed by atoms with Crippen LogP contribution in [0.4, 0.5) is 4.39 Å². The number of nitrogens with zero attached hydrogens (tertiary/aromatic N) is 4. The van der Waals surface area contributed by atoms with E-state index in [1.54, 1.807) is 36.7 Å². The smallest absolute Gasteiger partial charge is 0.217 e. The van der Waals surface area contributed by atoms with Crippen LogP contribution in [0.3, 0.4) is 0 Å². The minimum absolute atomic E-state index is 0.0418. The van der Waals surface area contributed by atoms with Gasteiger partial charge in [0.2, 0.25) is 17.6 Å². The molecule has 3 heterocycles. The Balaban J connectivity index is 2.09. The zero-order chi connectivity index (χ0) is 29.6. The van der Waals surface area contributed by atoms with Gasteiger partial charge in [0.25, 0.3) is 0 Å². The zero-order valence-electron chi connectivity index (χ0n) is 24.1.